The van der Waals surface area contributed by atoms with Crippen molar-refractivity contribution in [1.82, 2.24) is 0 Å². The molecule has 0 bridgehead atoms. The van der Waals surface area contributed by atoms with Gasteiger partial charge in [0.05, 0.1) is 16.6 Å². The summed E-state index contributed by atoms with van der Waals surface area (Å²) < 4.78 is 38.0. The minimum absolute atomic E-state index is 0.0473. The molecule has 2 rings (SSSR count). The van der Waals surface area contributed by atoms with Crippen LogP contribution in [0.5, 0.6) is 0 Å². The van der Waals surface area contributed by atoms with Crippen LogP contribution in [-0.2, 0) is 0 Å². The zero-order chi connectivity index (χ0) is 13.3. The minimum atomic E-state index is -4.15. The lowest BCUT2D eigenvalue weighted by atomic mass is 9.98. The third-order valence-corrected chi connectivity index (χ3v) is 4.16. The molecule has 2 N–H and O–H groups in total. The number of nitrogens with zero attached hydrogens (tertiary/aromatic N) is 2. The van der Waals surface area contributed by atoms with E-state index >= 15 is 0 Å². The fourth-order valence-electron chi connectivity index (χ4n) is 2.08. The van der Waals surface area contributed by atoms with E-state index in [1.165, 1.54) is 0 Å². The average Bonchev–Trinajstić information content (AvgIpc) is 2.70. The highest BCUT2D eigenvalue weighted by molar-refractivity contribution is 7.17. The highest BCUT2D eigenvalue weighted by Gasteiger charge is 2.42. The van der Waals surface area contributed by atoms with Crippen LogP contribution in [0.4, 0.5) is 23.9 Å². The van der Waals surface area contributed by atoms with Gasteiger partial charge in [0.1, 0.15) is 10.9 Å². The second kappa shape index (κ2) is 4.69. The molecule has 1 aliphatic rings. The van der Waals surface area contributed by atoms with Crippen LogP contribution in [0.1, 0.15) is 17.7 Å². The molecule has 1 unspecified atom stereocenters. The first-order valence-electron chi connectivity index (χ1n) is 5.53. The Balaban J connectivity index is 2.16. The number of hydrogen-bond acceptors (Lipinski definition) is 4. The number of hydrogen-bond donors (Lipinski definition) is 1. The van der Waals surface area contributed by atoms with Gasteiger partial charge in [-0.05, 0) is 18.9 Å². The van der Waals surface area contributed by atoms with Crippen LogP contribution >= 0.6 is 11.3 Å². The maximum Gasteiger partial charge on any atom is 0.393 e. The first-order valence-corrected chi connectivity index (χ1v) is 6.34. The fraction of sp³-hybridized carbons (Fsp3) is 0.545. The summed E-state index contributed by atoms with van der Waals surface area (Å²) in [7, 11) is 0. The van der Waals surface area contributed by atoms with E-state index in [2.05, 4.69) is 0 Å². The molecule has 3 nitrogen and oxygen atoms in total. The number of rotatable bonds is 1. The second-order valence-electron chi connectivity index (χ2n) is 4.31. The molecule has 0 aromatic carbocycles. The molecule has 98 valence electrons. The zero-order valence-electron chi connectivity index (χ0n) is 9.50. The van der Waals surface area contributed by atoms with Crippen molar-refractivity contribution in [3.63, 3.8) is 0 Å². The van der Waals surface area contributed by atoms with Gasteiger partial charge >= 0.3 is 6.18 Å². The minimum Gasteiger partial charge on any atom is -0.397 e. The molecule has 1 aromatic rings. The Morgan fingerprint density at radius 2 is 2.22 bits per heavy atom. The maximum atomic E-state index is 12.7. The molecule has 1 aliphatic heterocycles. The van der Waals surface area contributed by atoms with Crippen molar-refractivity contribution >= 4 is 22.0 Å². The number of anilines is 2. The monoisotopic (exact) mass is 275 g/mol. The van der Waals surface area contributed by atoms with Crippen LogP contribution in [0.15, 0.2) is 6.07 Å². The van der Waals surface area contributed by atoms with E-state index in [1.54, 1.807) is 11.0 Å². The molecular formula is C11H12F3N3S. The molecule has 1 aromatic heterocycles. The largest absolute Gasteiger partial charge is 0.397 e. The van der Waals surface area contributed by atoms with Gasteiger partial charge in [0, 0.05) is 13.1 Å². The quantitative estimate of drug-likeness (QED) is 0.857. The average molecular weight is 275 g/mol. The summed E-state index contributed by atoms with van der Waals surface area (Å²) >= 11 is 1.15. The molecule has 0 spiro atoms. The number of nitrogens with two attached hydrogens (primary N) is 1. The highest BCUT2D eigenvalue weighted by atomic mass is 32.1. The first kappa shape index (κ1) is 13.0. The zero-order valence-corrected chi connectivity index (χ0v) is 10.3. The summed E-state index contributed by atoms with van der Waals surface area (Å²) in [6, 6.07) is 3.53. The maximum absolute atomic E-state index is 12.7. The molecule has 0 aliphatic carbocycles. The van der Waals surface area contributed by atoms with Crippen molar-refractivity contribution in [2.45, 2.75) is 19.0 Å². The number of halogens is 3. The molecule has 0 radical (unpaired) electrons. The lowest BCUT2D eigenvalue weighted by molar-refractivity contribution is -0.175. The SMILES string of the molecule is N#Cc1sc(N2CCCC(C(F)(F)F)C2)cc1N. The van der Waals surface area contributed by atoms with Crippen LogP contribution < -0.4 is 10.6 Å². The molecule has 2 heterocycles. The molecule has 0 saturated carbocycles. The van der Waals surface area contributed by atoms with Gasteiger partial charge in [-0.1, -0.05) is 0 Å². The fourth-order valence-corrected chi connectivity index (χ4v) is 2.99. The predicted molar refractivity (Wildman–Crippen MR) is 64.4 cm³/mol. The third kappa shape index (κ3) is 2.53. The van der Waals surface area contributed by atoms with E-state index in [9.17, 15) is 13.2 Å². The van der Waals surface area contributed by atoms with Crippen molar-refractivity contribution in [2.24, 2.45) is 5.92 Å². The summed E-state index contributed by atoms with van der Waals surface area (Å²) in [4.78, 5) is 2.03. The van der Waals surface area contributed by atoms with Gasteiger partial charge in [0.15, 0.2) is 0 Å². The summed E-state index contributed by atoms with van der Waals surface area (Å²) in [5.74, 6) is -1.29. The standard InChI is InChI=1S/C11H12F3N3S/c12-11(13,14)7-2-1-3-17(6-7)10-4-8(16)9(5-15)18-10/h4,7H,1-3,6,16H2. The van der Waals surface area contributed by atoms with Crippen molar-refractivity contribution in [3.8, 4) is 6.07 Å². The number of thiophene rings is 1. The van der Waals surface area contributed by atoms with E-state index in [1.807, 2.05) is 6.07 Å². The lowest BCUT2D eigenvalue weighted by Gasteiger charge is -2.34. The number of alkyl halides is 3. The van der Waals surface area contributed by atoms with E-state index in [-0.39, 0.29) is 13.0 Å². The van der Waals surface area contributed by atoms with Gasteiger partial charge in [-0.2, -0.15) is 18.4 Å². The van der Waals surface area contributed by atoms with E-state index in [4.69, 9.17) is 11.0 Å². The Kier molecular flexibility index (Phi) is 3.39. The number of nitriles is 1. The Hall–Kier alpha value is -1.42. The molecule has 1 fully saturated rings. The molecule has 1 atom stereocenters. The van der Waals surface area contributed by atoms with Gasteiger partial charge in [-0.3, -0.25) is 0 Å². The lowest BCUT2D eigenvalue weighted by Crippen LogP contribution is -2.41. The summed E-state index contributed by atoms with van der Waals surface area (Å²) in [6.07, 6.45) is -3.48. The Bertz CT molecular complexity index is 475. The van der Waals surface area contributed by atoms with Crippen LogP contribution in [0.25, 0.3) is 0 Å². The van der Waals surface area contributed by atoms with Gasteiger partial charge in [0.2, 0.25) is 0 Å². The summed E-state index contributed by atoms with van der Waals surface area (Å²) in [6.45, 7) is 0.533. The Morgan fingerprint density at radius 3 is 2.78 bits per heavy atom. The molecule has 7 heteroatoms. The van der Waals surface area contributed by atoms with E-state index in [0.717, 1.165) is 11.3 Å². The van der Waals surface area contributed by atoms with Crippen molar-refractivity contribution in [3.05, 3.63) is 10.9 Å². The number of nitrogen functional groups attached to an aromatic ring is 1. The van der Waals surface area contributed by atoms with Crippen molar-refractivity contribution in [2.75, 3.05) is 23.7 Å². The number of piperidine rings is 1. The van der Waals surface area contributed by atoms with Crippen molar-refractivity contribution < 1.29 is 13.2 Å². The van der Waals surface area contributed by atoms with Crippen molar-refractivity contribution in [1.29, 1.82) is 5.26 Å². The Morgan fingerprint density at radius 1 is 1.50 bits per heavy atom. The second-order valence-corrected chi connectivity index (χ2v) is 5.34. The molecule has 1 saturated heterocycles. The first-order chi connectivity index (χ1) is 8.41. The normalized spacial score (nSPS) is 20.8. The molecule has 0 amide bonds. The summed E-state index contributed by atoms with van der Waals surface area (Å²) in [5.41, 5.74) is 5.96. The molecular weight excluding hydrogens is 263 g/mol. The smallest absolute Gasteiger partial charge is 0.393 e. The summed E-state index contributed by atoms with van der Waals surface area (Å²) in [5, 5.41) is 9.44. The van der Waals surface area contributed by atoms with Gasteiger partial charge in [-0.15, -0.1) is 11.3 Å². The van der Waals surface area contributed by atoms with Crippen LogP contribution in [0, 0.1) is 17.2 Å². The Labute approximate surface area is 107 Å². The van der Waals surface area contributed by atoms with Gasteiger partial charge in [-0.25, -0.2) is 0 Å². The van der Waals surface area contributed by atoms with Crippen LogP contribution in [0.3, 0.4) is 0 Å². The van der Waals surface area contributed by atoms with Crippen LogP contribution in [-0.4, -0.2) is 19.3 Å². The molecule has 18 heavy (non-hydrogen) atoms. The van der Waals surface area contributed by atoms with E-state index in [0.29, 0.717) is 28.5 Å². The van der Waals surface area contributed by atoms with Gasteiger partial charge < -0.3 is 10.6 Å². The highest BCUT2D eigenvalue weighted by Crippen LogP contribution is 2.38. The predicted octanol–water partition coefficient (Wildman–Crippen LogP) is 2.98. The van der Waals surface area contributed by atoms with E-state index < -0.39 is 12.1 Å². The topological polar surface area (TPSA) is 53.0 Å². The van der Waals surface area contributed by atoms with Crippen LogP contribution in [0.2, 0.25) is 0 Å². The van der Waals surface area contributed by atoms with Gasteiger partial charge in [0.25, 0.3) is 0 Å². The third-order valence-electron chi connectivity index (χ3n) is 3.05.